The number of fused-ring (bicyclic) bond motifs is 1. The summed E-state index contributed by atoms with van der Waals surface area (Å²) in [7, 11) is 2.16. The minimum absolute atomic E-state index is 0.309. The van der Waals surface area contributed by atoms with Crippen LogP contribution in [0.3, 0.4) is 0 Å². The molecule has 1 N–H and O–H groups in total. The van der Waals surface area contributed by atoms with Gasteiger partial charge in [0.25, 0.3) is 0 Å². The second kappa shape index (κ2) is 6.90. The van der Waals surface area contributed by atoms with Crippen LogP contribution in [0.15, 0.2) is 36.7 Å². The lowest BCUT2D eigenvalue weighted by Crippen LogP contribution is -2.18. The van der Waals surface area contributed by atoms with Crippen LogP contribution < -0.4 is 5.32 Å². The van der Waals surface area contributed by atoms with E-state index in [4.69, 9.17) is 9.97 Å². The molecule has 5 heteroatoms. The van der Waals surface area contributed by atoms with Crippen molar-refractivity contribution in [2.45, 2.75) is 45.6 Å². The molecule has 0 radical (unpaired) electrons. The predicted molar refractivity (Wildman–Crippen MR) is 104 cm³/mol. The van der Waals surface area contributed by atoms with Gasteiger partial charge in [-0.05, 0) is 56.4 Å². The van der Waals surface area contributed by atoms with Gasteiger partial charge < -0.3 is 9.88 Å². The molecular weight excluding hydrogens is 322 g/mol. The summed E-state index contributed by atoms with van der Waals surface area (Å²) >= 11 is 0. The fraction of sp³-hybridized carbons (Fsp3) is 0.381. The first-order chi connectivity index (χ1) is 12.7. The van der Waals surface area contributed by atoms with Crippen LogP contribution in [0.25, 0.3) is 11.4 Å². The smallest absolute Gasteiger partial charge is 0.161 e. The molecule has 0 fully saturated rings. The molecule has 0 aliphatic heterocycles. The topological polar surface area (TPSA) is 55.6 Å². The number of rotatable bonds is 4. The van der Waals surface area contributed by atoms with E-state index in [-0.39, 0.29) is 0 Å². The molecule has 0 amide bonds. The Morgan fingerprint density at radius 3 is 2.77 bits per heavy atom. The van der Waals surface area contributed by atoms with E-state index >= 15 is 0 Å². The second-order valence-electron chi connectivity index (χ2n) is 6.99. The number of hydrogen-bond donors (Lipinski definition) is 1. The number of nitrogens with zero attached hydrogens (tertiary/aromatic N) is 4. The predicted octanol–water partition coefficient (Wildman–Crippen LogP) is 4.24. The quantitative estimate of drug-likeness (QED) is 0.767. The fourth-order valence-corrected chi connectivity index (χ4v) is 3.77. The zero-order chi connectivity index (χ0) is 18.1. The molecule has 134 valence electrons. The summed E-state index contributed by atoms with van der Waals surface area (Å²) in [6, 6.07) is 8.62. The molecule has 3 aromatic heterocycles. The first kappa shape index (κ1) is 16.8. The summed E-state index contributed by atoms with van der Waals surface area (Å²) in [6.07, 6.45) is 7.94. The Morgan fingerprint density at radius 2 is 2.00 bits per heavy atom. The molecule has 3 aromatic rings. The summed E-state index contributed by atoms with van der Waals surface area (Å²) < 4.78 is 2.32. The SMILES string of the molecule is CCc1cc(NC2CCCc3c2cc(C)n3C)nc(-c2ccncc2)n1. The van der Waals surface area contributed by atoms with Crippen molar-refractivity contribution >= 4 is 5.82 Å². The maximum absolute atomic E-state index is 4.79. The molecule has 1 aliphatic carbocycles. The average Bonchev–Trinajstić information content (AvgIpc) is 2.97. The van der Waals surface area contributed by atoms with E-state index in [1.807, 2.05) is 12.1 Å². The number of pyridine rings is 1. The van der Waals surface area contributed by atoms with Crippen molar-refractivity contribution in [3.63, 3.8) is 0 Å². The summed E-state index contributed by atoms with van der Waals surface area (Å²) in [6.45, 7) is 4.30. The van der Waals surface area contributed by atoms with Crippen molar-refractivity contribution in [1.82, 2.24) is 19.5 Å². The highest BCUT2D eigenvalue weighted by atomic mass is 15.1. The molecule has 5 nitrogen and oxygen atoms in total. The van der Waals surface area contributed by atoms with Crippen LogP contribution in [-0.4, -0.2) is 19.5 Å². The van der Waals surface area contributed by atoms with Gasteiger partial charge in [0.15, 0.2) is 5.82 Å². The van der Waals surface area contributed by atoms with E-state index in [9.17, 15) is 0 Å². The monoisotopic (exact) mass is 347 g/mol. The highest BCUT2D eigenvalue weighted by molar-refractivity contribution is 5.57. The van der Waals surface area contributed by atoms with Gasteiger partial charge in [-0.15, -0.1) is 0 Å². The largest absolute Gasteiger partial charge is 0.363 e. The minimum Gasteiger partial charge on any atom is -0.363 e. The molecule has 1 unspecified atom stereocenters. The molecule has 3 heterocycles. The van der Waals surface area contributed by atoms with Gasteiger partial charge in [0, 0.05) is 48.2 Å². The van der Waals surface area contributed by atoms with Gasteiger partial charge in [-0.1, -0.05) is 6.92 Å². The third-order valence-electron chi connectivity index (χ3n) is 5.32. The lowest BCUT2D eigenvalue weighted by atomic mass is 9.92. The Hall–Kier alpha value is -2.69. The Kier molecular flexibility index (Phi) is 4.45. The van der Waals surface area contributed by atoms with Crippen LogP contribution in [-0.2, 0) is 19.9 Å². The second-order valence-corrected chi connectivity index (χ2v) is 6.99. The molecule has 1 aliphatic rings. The number of anilines is 1. The summed E-state index contributed by atoms with van der Waals surface area (Å²) in [4.78, 5) is 13.6. The van der Waals surface area contributed by atoms with Crippen molar-refractivity contribution in [2.75, 3.05) is 5.32 Å². The highest BCUT2D eigenvalue weighted by Gasteiger charge is 2.24. The number of hydrogen-bond acceptors (Lipinski definition) is 4. The van der Waals surface area contributed by atoms with Crippen LogP contribution in [0.1, 0.15) is 48.5 Å². The highest BCUT2D eigenvalue weighted by Crippen LogP contribution is 2.34. The lowest BCUT2D eigenvalue weighted by Gasteiger charge is -2.25. The maximum atomic E-state index is 4.79. The summed E-state index contributed by atoms with van der Waals surface area (Å²) in [5.41, 5.74) is 6.23. The molecule has 0 saturated heterocycles. The van der Waals surface area contributed by atoms with Crippen molar-refractivity contribution in [3.05, 3.63) is 59.3 Å². The maximum Gasteiger partial charge on any atom is 0.161 e. The van der Waals surface area contributed by atoms with E-state index < -0.39 is 0 Å². The first-order valence-corrected chi connectivity index (χ1v) is 9.35. The van der Waals surface area contributed by atoms with E-state index in [1.54, 1.807) is 12.4 Å². The van der Waals surface area contributed by atoms with E-state index in [1.165, 1.54) is 23.4 Å². The fourth-order valence-electron chi connectivity index (χ4n) is 3.77. The normalized spacial score (nSPS) is 16.3. The van der Waals surface area contributed by atoms with E-state index in [0.717, 1.165) is 42.2 Å². The van der Waals surface area contributed by atoms with Crippen LogP contribution in [0.5, 0.6) is 0 Å². The third kappa shape index (κ3) is 3.09. The van der Waals surface area contributed by atoms with Gasteiger partial charge in [0.1, 0.15) is 5.82 Å². The van der Waals surface area contributed by atoms with Crippen molar-refractivity contribution in [2.24, 2.45) is 7.05 Å². The molecule has 4 rings (SSSR count). The number of nitrogens with one attached hydrogen (secondary N) is 1. The summed E-state index contributed by atoms with van der Waals surface area (Å²) in [5, 5.41) is 3.68. The lowest BCUT2D eigenvalue weighted by molar-refractivity contribution is 0.577. The molecule has 0 saturated carbocycles. The van der Waals surface area contributed by atoms with Gasteiger partial charge >= 0.3 is 0 Å². The Morgan fingerprint density at radius 1 is 1.19 bits per heavy atom. The zero-order valence-electron chi connectivity index (χ0n) is 15.7. The molecule has 0 spiro atoms. The van der Waals surface area contributed by atoms with E-state index in [2.05, 4.69) is 47.9 Å². The van der Waals surface area contributed by atoms with Crippen LogP contribution >= 0.6 is 0 Å². The van der Waals surface area contributed by atoms with E-state index in [0.29, 0.717) is 6.04 Å². The van der Waals surface area contributed by atoms with Crippen LogP contribution in [0.4, 0.5) is 5.82 Å². The third-order valence-corrected chi connectivity index (χ3v) is 5.32. The Balaban J connectivity index is 1.68. The van der Waals surface area contributed by atoms with Crippen LogP contribution in [0.2, 0.25) is 0 Å². The molecule has 1 atom stereocenters. The van der Waals surface area contributed by atoms with Crippen LogP contribution in [0, 0.1) is 6.92 Å². The van der Waals surface area contributed by atoms with Crippen molar-refractivity contribution < 1.29 is 0 Å². The van der Waals surface area contributed by atoms with Gasteiger partial charge in [0.2, 0.25) is 0 Å². The van der Waals surface area contributed by atoms with Gasteiger partial charge in [-0.25, -0.2) is 9.97 Å². The minimum atomic E-state index is 0.309. The standard InChI is InChI=1S/C21H25N5/c1-4-16-13-20(25-21(23-16)15-8-10-22-11-9-15)24-18-6-5-7-19-17(18)12-14(2)26(19)3/h8-13,18H,4-7H2,1-3H3,(H,23,24,25). The Labute approximate surface area is 154 Å². The molecular formula is C21H25N5. The van der Waals surface area contributed by atoms with Gasteiger partial charge in [-0.3, -0.25) is 4.98 Å². The average molecular weight is 347 g/mol. The van der Waals surface area contributed by atoms with Crippen molar-refractivity contribution in [3.8, 4) is 11.4 Å². The number of aryl methyl sites for hydroxylation is 2. The Bertz CT molecular complexity index is 914. The van der Waals surface area contributed by atoms with Gasteiger partial charge in [-0.2, -0.15) is 0 Å². The number of aromatic nitrogens is 4. The molecule has 26 heavy (non-hydrogen) atoms. The van der Waals surface area contributed by atoms with Gasteiger partial charge in [0.05, 0.1) is 6.04 Å². The molecule has 0 bridgehead atoms. The molecule has 0 aromatic carbocycles. The van der Waals surface area contributed by atoms with Crippen molar-refractivity contribution in [1.29, 1.82) is 0 Å². The first-order valence-electron chi connectivity index (χ1n) is 9.35. The zero-order valence-corrected chi connectivity index (χ0v) is 15.7. The summed E-state index contributed by atoms with van der Waals surface area (Å²) in [5.74, 6) is 1.66.